The van der Waals surface area contributed by atoms with Crippen LogP contribution in [-0.4, -0.2) is 47.1 Å². The van der Waals surface area contributed by atoms with Crippen molar-refractivity contribution in [3.63, 3.8) is 0 Å². The minimum atomic E-state index is -0.834. The van der Waals surface area contributed by atoms with Crippen molar-refractivity contribution in [3.8, 4) is 0 Å². The SMILES string of the molecule is Cc1oc(=O)oc1COC(=O)N1CCN(c2ccc([N+](=O)[O-])nc2)CC1. The quantitative estimate of drug-likeness (QED) is 0.581. The molecule has 0 N–H and O–H groups in total. The number of carbonyl (C=O) groups is 1. The summed E-state index contributed by atoms with van der Waals surface area (Å²) in [6.07, 6.45) is 0.922. The van der Waals surface area contributed by atoms with Crippen LogP contribution in [0.25, 0.3) is 0 Å². The predicted molar refractivity (Wildman–Crippen MR) is 86.8 cm³/mol. The van der Waals surface area contributed by atoms with Crippen LogP contribution in [0.1, 0.15) is 11.5 Å². The minimum Gasteiger partial charge on any atom is -0.441 e. The zero-order valence-electron chi connectivity index (χ0n) is 13.9. The Kier molecular flexibility index (Phi) is 4.87. The van der Waals surface area contributed by atoms with Gasteiger partial charge in [-0.25, -0.2) is 9.59 Å². The molecular weight excluding hydrogens is 348 g/mol. The molecule has 0 aliphatic carbocycles. The molecule has 0 saturated carbocycles. The molecule has 1 aliphatic rings. The van der Waals surface area contributed by atoms with Crippen LogP contribution in [0.2, 0.25) is 0 Å². The standard InChI is InChI=1S/C15H16N4O7/c1-10-12(26-15(21)25-10)9-24-14(20)18-6-4-17(5-7-18)11-2-3-13(16-8-11)19(22)23/h2-3,8H,4-7,9H2,1H3. The molecule has 11 heteroatoms. The number of nitro groups is 1. The van der Waals surface area contributed by atoms with Gasteiger partial charge in [0.1, 0.15) is 0 Å². The van der Waals surface area contributed by atoms with Crippen molar-refractivity contribution in [1.82, 2.24) is 9.88 Å². The van der Waals surface area contributed by atoms with Gasteiger partial charge in [-0.1, -0.05) is 0 Å². The molecule has 26 heavy (non-hydrogen) atoms. The third-order valence-corrected chi connectivity index (χ3v) is 3.98. The van der Waals surface area contributed by atoms with E-state index in [0.29, 0.717) is 26.2 Å². The Morgan fingerprint density at radius 2 is 2.04 bits per heavy atom. The summed E-state index contributed by atoms with van der Waals surface area (Å²) < 4.78 is 14.6. The molecule has 0 aromatic carbocycles. The number of aryl methyl sites for hydroxylation is 1. The van der Waals surface area contributed by atoms with E-state index in [9.17, 15) is 19.7 Å². The molecule has 3 rings (SSSR count). The van der Waals surface area contributed by atoms with Crippen molar-refractivity contribution in [2.75, 3.05) is 31.1 Å². The van der Waals surface area contributed by atoms with Crippen molar-refractivity contribution in [1.29, 1.82) is 0 Å². The van der Waals surface area contributed by atoms with Gasteiger partial charge in [-0.05, 0) is 22.9 Å². The van der Waals surface area contributed by atoms with Gasteiger partial charge in [0.25, 0.3) is 0 Å². The Morgan fingerprint density at radius 1 is 1.31 bits per heavy atom. The maximum atomic E-state index is 12.1. The third-order valence-electron chi connectivity index (χ3n) is 3.98. The highest BCUT2D eigenvalue weighted by Gasteiger charge is 2.24. The molecule has 0 bridgehead atoms. The summed E-state index contributed by atoms with van der Waals surface area (Å²) in [6, 6.07) is 2.97. The Morgan fingerprint density at radius 3 is 2.58 bits per heavy atom. The smallest absolute Gasteiger partial charge is 0.441 e. The number of rotatable bonds is 4. The molecule has 3 heterocycles. The second-order valence-electron chi connectivity index (χ2n) is 5.59. The van der Waals surface area contributed by atoms with E-state index >= 15 is 0 Å². The largest absolute Gasteiger partial charge is 0.519 e. The minimum absolute atomic E-state index is 0.178. The van der Waals surface area contributed by atoms with Gasteiger partial charge >= 0.3 is 17.7 Å². The van der Waals surface area contributed by atoms with Crippen molar-refractivity contribution in [2.45, 2.75) is 13.5 Å². The van der Waals surface area contributed by atoms with Crippen LogP contribution in [-0.2, 0) is 11.3 Å². The van der Waals surface area contributed by atoms with Crippen LogP contribution in [0.15, 0.2) is 32.0 Å². The molecule has 1 fully saturated rings. The number of aromatic nitrogens is 1. The lowest BCUT2D eigenvalue weighted by molar-refractivity contribution is -0.389. The first-order valence-corrected chi connectivity index (χ1v) is 7.80. The average molecular weight is 364 g/mol. The summed E-state index contributed by atoms with van der Waals surface area (Å²) >= 11 is 0. The van der Waals surface area contributed by atoms with Gasteiger partial charge < -0.3 is 33.5 Å². The number of pyridine rings is 1. The van der Waals surface area contributed by atoms with Gasteiger partial charge in [0.15, 0.2) is 24.3 Å². The fourth-order valence-electron chi connectivity index (χ4n) is 2.55. The first kappa shape index (κ1) is 17.5. The lowest BCUT2D eigenvalue weighted by atomic mass is 10.3. The average Bonchev–Trinajstić information content (AvgIpc) is 2.97. The Hall–Kier alpha value is -3.37. The summed E-state index contributed by atoms with van der Waals surface area (Å²) in [7, 11) is 0. The molecule has 138 valence electrons. The molecule has 1 amide bonds. The van der Waals surface area contributed by atoms with Crippen LogP contribution in [0.4, 0.5) is 16.3 Å². The van der Waals surface area contributed by atoms with E-state index in [1.165, 1.54) is 17.2 Å². The fraction of sp³-hybridized carbons (Fsp3) is 0.400. The summed E-state index contributed by atoms with van der Waals surface area (Å²) in [5.74, 6) is -0.590. The zero-order chi connectivity index (χ0) is 18.7. The number of amides is 1. The highest BCUT2D eigenvalue weighted by atomic mass is 16.6. The molecule has 0 spiro atoms. The Bertz CT molecular complexity index is 850. The van der Waals surface area contributed by atoms with Crippen molar-refractivity contribution in [2.24, 2.45) is 0 Å². The summed E-state index contributed by atoms with van der Waals surface area (Å²) in [5, 5.41) is 10.6. The van der Waals surface area contributed by atoms with Crippen molar-refractivity contribution < 1.29 is 23.3 Å². The van der Waals surface area contributed by atoms with Crippen molar-refractivity contribution in [3.05, 3.63) is 50.6 Å². The van der Waals surface area contributed by atoms with E-state index in [2.05, 4.69) is 4.98 Å². The third kappa shape index (κ3) is 3.82. The van der Waals surface area contributed by atoms with Gasteiger partial charge in [0, 0.05) is 32.2 Å². The number of hydrogen-bond donors (Lipinski definition) is 0. The molecule has 2 aromatic heterocycles. The lowest BCUT2D eigenvalue weighted by Crippen LogP contribution is -2.49. The first-order chi connectivity index (χ1) is 12.4. The predicted octanol–water partition coefficient (Wildman–Crippen LogP) is 1.30. The number of piperazine rings is 1. The molecule has 2 aromatic rings. The van der Waals surface area contributed by atoms with Crippen LogP contribution < -0.4 is 10.7 Å². The molecule has 1 saturated heterocycles. The molecule has 1 aliphatic heterocycles. The summed E-state index contributed by atoms with van der Waals surface area (Å²) in [5.41, 5.74) is 0.749. The maximum Gasteiger partial charge on any atom is 0.519 e. The molecule has 11 nitrogen and oxygen atoms in total. The van der Waals surface area contributed by atoms with E-state index in [4.69, 9.17) is 13.6 Å². The Balaban J connectivity index is 1.51. The van der Waals surface area contributed by atoms with E-state index in [0.717, 1.165) is 5.69 Å². The van der Waals surface area contributed by atoms with E-state index in [-0.39, 0.29) is 23.9 Å². The van der Waals surface area contributed by atoms with E-state index in [1.807, 2.05) is 4.90 Å². The van der Waals surface area contributed by atoms with Gasteiger partial charge in [-0.3, -0.25) is 0 Å². The summed E-state index contributed by atoms with van der Waals surface area (Å²) in [4.78, 5) is 40.4. The van der Waals surface area contributed by atoms with Crippen LogP contribution in [0.5, 0.6) is 0 Å². The zero-order valence-corrected chi connectivity index (χ0v) is 13.9. The summed E-state index contributed by atoms with van der Waals surface area (Å²) in [6.45, 7) is 3.28. The monoisotopic (exact) mass is 364 g/mol. The second kappa shape index (κ2) is 7.25. The fourth-order valence-corrected chi connectivity index (χ4v) is 2.55. The highest BCUT2D eigenvalue weighted by molar-refractivity contribution is 5.68. The van der Waals surface area contributed by atoms with Gasteiger partial charge in [0.2, 0.25) is 0 Å². The van der Waals surface area contributed by atoms with Crippen LogP contribution in [0.3, 0.4) is 0 Å². The molecule has 0 unspecified atom stereocenters. The van der Waals surface area contributed by atoms with E-state index < -0.39 is 16.8 Å². The number of ether oxygens (including phenoxy) is 1. The molecular formula is C15H16N4O7. The second-order valence-corrected chi connectivity index (χ2v) is 5.59. The number of nitrogens with zero attached hydrogens (tertiary/aromatic N) is 4. The highest BCUT2D eigenvalue weighted by Crippen LogP contribution is 2.18. The molecule has 0 atom stereocenters. The van der Waals surface area contributed by atoms with Crippen molar-refractivity contribution >= 4 is 17.6 Å². The van der Waals surface area contributed by atoms with E-state index in [1.54, 1.807) is 13.0 Å². The first-order valence-electron chi connectivity index (χ1n) is 7.80. The van der Waals surface area contributed by atoms with Gasteiger partial charge in [-0.15, -0.1) is 0 Å². The lowest BCUT2D eigenvalue weighted by Gasteiger charge is -2.34. The Labute approximate surface area is 146 Å². The maximum absolute atomic E-state index is 12.1. The molecule has 0 radical (unpaired) electrons. The number of carbonyl (C=O) groups excluding carboxylic acids is 1. The van der Waals surface area contributed by atoms with Crippen LogP contribution >= 0.6 is 0 Å². The number of hydrogen-bond acceptors (Lipinski definition) is 9. The number of anilines is 1. The topological polar surface area (TPSA) is 132 Å². The van der Waals surface area contributed by atoms with Gasteiger partial charge in [-0.2, -0.15) is 0 Å². The normalized spacial score (nSPS) is 14.3. The van der Waals surface area contributed by atoms with Gasteiger partial charge in [0.05, 0.1) is 5.69 Å². The van der Waals surface area contributed by atoms with Crippen LogP contribution in [0, 0.1) is 17.0 Å².